The molecule has 1 aromatic rings. The minimum absolute atomic E-state index is 0.0458. The van der Waals surface area contributed by atoms with Gasteiger partial charge in [-0.05, 0) is 53.0 Å². The van der Waals surface area contributed by atoms with Crippen molar-refractivity contribution in [3.8, 4) is 5.75 Å². The van der Waals surface area contributed by atoms with Crippen molar-refractivity contribution in [3.05, 3.63) is 30.3 Å². The predicted molar refractivity (Wildman–Crippen MR) is 90.5 cm³/mol. The van der Waals surface area contributed by atoms with Gasteiger partial charge in [-0.2, -0.15) is 8.42 Å². The molecule has 0 aliphatic carbocycles. The minimum atomic E-state index is -4.05. The van der Waals surface area contributed by atoms with E-state index in [1.165, 1.54) is 0 Å². The van der Waals surface area contributed by atoms with Gasteiger partial charge in [-0.15, -0.1) is 0 Å². The van der Waals surface area contributed by atoms with Gasteiger partial charge in [0.05, 0.1) is 12.3 Å². The number of benzene rings is 1. The Morgan fingerprint density at radius 3 is 2.26 bits per heavy atom. The highest BCUT2D eigenvalue weighted by Gasteiger charge is 2.24. The van der Waals surface area contributed by atoms with Crippen molar-refractivity contribution in [2.45, 2.75) is 31.5 Å². The van der Waals surface area contributed by atoms with E-state index in [1.807, 2.05) is 28.1 Å². The lowest BCUT2D eigenvalue weighted by atomic mass is 10.00. The third-order valence-corrected chi connectivity index (χ3v) is 4.65. The van der Waals surface area contributed by atoms with Gasteiger partial charge in [0.15, 0.2) is 0 Å². The van der Waals surface area contributed by atoms with Gasteiger partial charge >= 0.3 is 10.4 Å². The van der Waals surface area contributed by atoms with Crippen molar-refractivity contribution in [1.82, 2.24) is 16.0 Å². The van der Waals surface area contributed by atoms with Crippen LogP contribution in [0.3, 0.4) is 0 Å². The summed E-state index contributed by atoms with van der Waals surface area (Å²) < 4.78 is 33.3. The average molecular weight is 345 g/mol. The monoisotopic (exact) mass is 345 g/mol. The van der Waals surface area contributed by atoms with Crippen LogP contribution in [0.25, 0.3) is 0 Å². The Kier molecular flexibility index (Phi) is 7.93. The lowest BCUT2D eigenvalue weighted by molar-refractivity contribution is 0.222. The molecule has 0 aromatic heterocycles. The number of hydrogen-bond donors (Lipinski definition) is 3. The van der Waals surface area contributed by atoms with Gasteiger partial charge in [0, 0.05) is 6.04 Å². The third kappa shape index (κ3) is 7.28. The van der Waals surface area contributed by atoms with E-state index < -0.39 is 10.4 Å². The summed E-state index contributed by atoms with van der Waals surface area (Å²) in [6.07, 6.45) is 1.30. The van der Waals surface area contributed by atoms with Crippen molar-refractivity contribution >= 4 is 10.4 Å². The van der Waals surface area contributed by atoms with Crippen LogP contribution in [0.4, 0.5) is 0 Å². The van der Waals surface area contributed by atoms with Crippen molar-refractivity contribution in [2.75, 3.05) is 27.7 Å². The zero-order chi connectivity index (χ0) is 17.3. The molecule has 8 heteroatoms. The molecule has 0 heterocycles. The fourth-order valence-electron chi connectivity index (χ4n) is 2.08. The number of nitrogens with one attached hydrogen (secondary N) is 3. The molecule has 0 saturated heterocycles. The molecule has 7 nitrogen and oxygen atoms in total. The van der Waals surface area contributed by atoms with Gasteiger partial charge in [0.25, 0.3) is 0 Å². The lowest BCUT2D eigenvalue weighted by Gasteiger charge is -2.32. The highest BCUT2D eigenvalue weighted by molar-refractivity contribution is 7.82. The van der Waals surface area contributed by atoms with Crippen LogP contribution in [0, 0.1) is 0 Å². The number of para-hydroxylation sites is 1. The summed E-state index contributed by atoms with van der Waals surface area (Å²) >= 11 is 0. The summed E-state index contributed by atoms with van der Waals surface area (Å²) in [6.45, 7) is 2.08. The molecule has 3 N–H and O–H groups in total. The van der Waals surface area contributed by atoms with Crippen molar-refractivity contribution in [1.29, 1.82) is 0 Å². The summed E-state index contributed by atoms with van der Waals surface area (Å²) in [5, 5.41) is 9.56. The lowest BCUT2D eigenvalue weighted by Crippen LogP contribution is -2.54. The highest BCUT2D eigenvalue weighted by atomic mass is 32.3. The maximum atomic E-state index is 11.8. The van der Waals surface area contributed by atoms with Gasteiger partial charge in [-0.1, -0.05) is 18.2 Å². The average Bonchev–Trinajstić information content (AvgIpc) is 2.54. The first-order valence-corrected chi connectivity index (χ1v) is 8.86. The molecule has 1 atom stereocenters. The molecule has 0 aliphatic heterocycles. The first kappa shape index (κ1) is 19.9. The molecular formula is C15H27N3O4S. The normalized spacial score (nSPS) is 13.7. The Labute approximate surface area is 139 Å². The van der Waals surface area contributed by atoms with Gasteiger partial charge in [0.2, 0.25) is 0 Å². The van der Waals surface area contributed by atoms with E-state index in [2.05, 4.69) is 16.0 Å². The number of rotatable bonds is 11. The predicted octanol–water partition coefficient (Wildman–Crippen LogP) is 0.850. The van der Waals surface area contributed by atoms with Crippen LogP contribution in [0.5, 0.6) is 5.75 Å². The second-order valence-corrected chi connectivity index (χ2v) is 6.66. The standard InChI is InChI=1S/C15H27N3O4S/c1-15(17-3,18-4)12-13(16-2)10-11-21-23(19,20)22-14-8-6-5-7-9-14/h5-9,13,16-18H,10-12H2,1-4H3. The Morgan fingerprint density at radius 2 is 1.74 bits per heavy atom. The van der Waals surface area contributed by atoms with E-state index >= 15 is 0 Å². The largest absolute Gasteiger partial charge is 0.449 e. The van der Waals surface area contributed by atoms with Gasteiger partial charge in [-0.25, -0.2) is 4.18 Å². The molecule has 0 saturated carbocycles. The Hall–Kier alpha value is -1.19. The molecule has 0 spiro atoms. The van der Waals surface area contributed by atoms with Crippen molar-refractivity contribution in [3.63, 3.8) is 0 Å². The smallest absolute Gasteiger partial charge is 0.362 e. The van der Waals surface area contributed by atoms with Crippen LogP contribution in [0.1, 0.15) is 19.8 Å². The van der Waals surface area contributed by atoms with Crippen LogP contribution in [0.15, 0.2) is 30.3 Å². The summed E-state index contributed by atoms with van der Waals surface area (Å²) in [5.41, 5.74) is -0.243. The summed E-state index contributed by atoms with van der Waals surface area (Å²) in [6, 6.07) is 8.37. The molecule has 0 aliphatic rings. The second kappa shape index (κ2) is 9.19. The van der Waals surface area contributed by atoms with E-state index in [9.17, 15) is 8.42 Å². The zero-order valence-corrected chi connectivity index (χ0v) is 14.9. The van der Waals surface area contributed by atoms with Crippen LogP contribution >= 0.6 is 0 Å². The van der Waals surface area contributed by atoms with Crippen LogP contribution in [-0.4, -0.2) is 47.9 Å². The van der Waals surface area contributed by atoms with E-state index in [4.69, 9.17) is 8.37 Å². The molecule has 0 fully saturated rings. The van der Waals surface area contributed by atoms with Gasteiger partial charge in [0.1, 0.15) is 5.75 Å². The van der Waals surface area contributed by atoms with Gasteiger partial charge in [-0.3, -0.25) is 0 Å². The second-order valence-electron chi connectivity index (χ2n) is 5.44. The molecule has 0 amide bonds. The molecule has 0 radical (unpaired) electrons. The maximum absolute atomic E-state index is 11.8. The molecular weight excluding hydrogens is 318 g/mol. The molecule has 1 aromatic carbocycles. The Morgan fingerprint density at radius 1 is 1.13 bits per heavy atom. The van der Waals surface area contributed by atoms with Crippen LogP contribution in [-0.2, 0) is 14.6 Å². The highest BCUT2D eigenvalue weighted by Crippen LogP contribution is 2.14. The topological polar surface area (TPSA) is 88.7 Å². The van der Waals surface area contributed by atoms with Crippen molar-refractivity contribution < 1.29 is 16.8 Å². The minimum Gasteiger partial charge on any atom is -0.362 e. The van der Waals surface area contributed by atoms with E-state index in [0.29, 0.717) is 6.42 Å². The summed E-state index contributed by atoms with van der Waals surface area (Å²) in [7, 11) is 1.53. The molecule has 1 unspecified atom stereocenters. The molecule has 132 valence electrons. The Balaban J connectivity index is 2.47. The fourth-order valence-corrected chi connectivity index (χ4v) is 2.78. The molecule has 23 heavy (non-hydrogen) atoms. The third-order valence-electron chi connectivity index (χ3n) is 3.80. The Bertz CT molecular complexity index is 547. The first-order valence-electron chi connectivity index (χ1n) is 7.53. The van der Waals surface area contributed by atoms with Crippen molar-refractivity contribution in [2.24, 2.45) is 0 Å². The molecule has 0 bridgehead atoms. The van der Waals surface area contributed by atoms with Gasteiger partial charge < -0.3 is 20.1 Å². The van der Waals surface area contributed by atoms with E-state index in [0.717, 1.165) is 6.42 Å². The quantitative estimate of drug-likeness (QED) is 0.512. The fraction of sp³-hybridized carbons (Fsp3) is 0.600. The molecule has 1 rings (SSSR count). The van der Waals surface area contributed by atoms with Crippen LogP contribution in [0.2, 0.25) is 0 Å². The van der Waals surface area contributed by atoms with E-state index in [-0.39, 0.29) is 24.1 Å². The maximum Gasteiger partial charge on any atom is 0.449 e. The SMILES string of the molecule is CNC(CCOS(=O)(=O)Oc1ccccc1)CC(C)(NC)NC. The first-order chi connectivity index (χ1) is 10.8. The summed E-state index contributed by atoms with van der Waals surface area (Å²) in [5.74, 6) is 0.232. The number of hydrogen-bond acceptors (Lipinski definition) is 7. The zero-order valence-electron chi connectivity index (χ0n) is 14.1. The summed E-state index contributed by atoms with van der Waals surface area (Å²) in [4.78, 5) is 0. The van der Waals surface area contributed by atoms with Crippen LogP contribution < -0.4 is 20.1 Å². The van der Waals surface area contributed by atoms with E-state index in [1.54, 1.807) is 30.3 Å².